The largest absolute Gasteiger partial charge is 0.548 e. The molecular formula is C15H12Cl2N3O4-. The molecule has 1 aromatic carbocycles. The van der Waals surface area contributed by atoms with Gasteiger partial charge in [0.25, 0.3) is 5.69 Å². The Hall–Kier alpha value is -2.38. The highest BCUT2D eigenvalue weighted by atomic mass is 35.5. The quantitative estimate of drug-likeness (QED) is 0.662. The minimum absolute atomic E-state index is 0.0970. The number of hydrogen-bond acceptors (Lipinski definition) is 5. The van der Waals surface area contributed by atoms with Gasteiger partial charge in [-0.3, -0.25) is 15.1 Å². The van der Waals surface area contributed by atoms with E-state index in [-0.39, 0.29) is 10.7 Å². The first-order valence-corrected chi connectivity index (χ1v) is 7.65. The smallest absolute Gasteiger partial charge is 0.295 e. The Kier molecular flexibility index (Phi) is 5.94. The van der Waals surface area contributed by atoms with Crippen LogP contribution in [0.2, 0.25) is 10.0 Å². The summed E-state index contributed by atoms with van der Waals surface area (Å²) in [5, 5.41) is 21.4. The second kappa shape index (κ2) is 7.94. The molecule has 0 spiro atoms. The third-order valence-electron chi connectivity index (χ3n) is 3.28. The summed E-state index contributed by atoms with van der Waals surface area (Å²) < 4.78 is 0. The number of rotatable bonds is 3. The lowest BCUT2D eigenvalue weighted by atomic mass is 10.1. The molecule has 3 rings (SSSR count). The van der Waals surface area contributed by atoms with E-state index in [1.165, 1.54) is 6.07 Å². The maximum absolute atomic E-state index is 10.9. The summed E-state index contributed by atoms with van der Waals surface area (Å²) in [6.07, 6.45) is 6.17. The zero-order valence-electron chi connectivity index (χ0n) is 12.2. The molecule has 1 N–H and O–H groups in total. The van der Waals surface area contributed by atoms with Crippen LogP contribution in [0.1, 0.15) is 12.8 Å². The predicted molar refractivity (Wildman–Crippen MR) is 89.4 cm³/mol. The summed E-state index contributed by atoms with van der Waals surface area (Å²) in [6, 6.07) is 4.17. The standard InChI is InChI=1S/C10H6Cl2N2O2.C5H7NO2/c11-8-3-1-2-6(10(8)14(15)16)7-4-13-5-9(7)12;7-5(8)4-2-1-3-6-4/h1-5,13H;3-4H,1-2H2,(H,7,8)/p-1. The minimum atomic E-state index is -1.06. The fraction of sp³-hybridized carbons (Fsp3) is 0.200. The summed E-state index contributed by atoms with van der Waals surface area (Å²) in [5.74, 6) is -1.06. The third-order valence-corrected chi connectivity index (χ3v) is 3.90. The Morgan fingerprint density at radius 1 is 1.25 bits per heavy atom. The Labute approximate surface area is 147 Å². The summed E-state index contributed by atoms with van der Waals surface area (Å²) in [7, 11) is 0. The van der Waals surface area contributed by atoms with E-state index in [0.29, 0.717) is 22.6 Å². The summed E-state index contributed by atoms with van der Waals surface area (Å²) in [6.45, 7) is 0. The van der Waals surface area contributed by atoms with Gasteiger partial charge in [0.05, 0.1) is 27.5 Å². The van der Waals surface area contributed by atoms with Crippen molar-refractivity contribution in [3.63, 3.8) is 0 Å². The second-order valence-corrected chi connectivity index (χ2v) is 5.67. The van der Waals surface area contributed by atoms with Crippen molar-refractivity contribution in [2.24, 2.45) is 4.99 Å². The molecule has 2 heterocycles. The topological polar surface area (TPSA) is 111 Å². The van der Waals surface area contributed by atoms with Crippen LogP contribution in [0.25, 0.3) is 11.1 Å². The van der Waals surface area contributed by atoms with E-state index in [2.05, 4.69) is 9.98 Å². The van der Waals surface area contributed by atoms with Gasteiger partial charge in [-0.1, -0.05) is 29.3 Å². The average Bonchev–Trinajstić information content (AvgIpc) is 3.18. The number of carboxylic acids is 1. The van der Waals surface area contributed by atoms with Crippen molar-refractivity contribution in [3.05, 3.63) is 50.8 Å². The fourth-order valence-corrected chi connectivity index (χ4v) is 2.62. The Bertz CT molecular complexity index is 789. The van der Waals surface area contributed by atoms with Crippen molar-refractivity contribution in [1.82, 2.24) is 4.98 Å². The van der Waals surface area contributed by atoms with Gasteiger partial charge in [0.15, 0.2) is 0 Å². The number of H-pyrrole nitrogens is 1. The van der Waals surface area contributed by atoms with Gasteiger partial charge in [0.2, 0.25) is 0 Å². The van der Waals surface area contributed by atoms with Crippen molar-refractivity contribution in [2.75, 3.05) is 0 Å². The molecule has 1 atom stereocenters. The van der Waals surface area contributed by atoms with Gasteiger partial charge >= 0.3 is 0 Å². The van der Waals surface area contributed by atoms with E-state index in [9.17, 15) is 20.0 Å². The Morgan fingerprint density at radius 3 is 2.46 bits per heavy atom. The van der Waals surface area contributed by atoms with Crippen molar-refractivity contribution in [3.8, 4) is 11.1 Å². The van der Waals surface area contributed by atoms with Gasteiger partial charge in [0, 0.05) is 18.0 Å². The van der Waals surface area contributed by atoms with Crippen LogP contribution in [-0.4, -0.2) is 28.1 Å². The SMILES string of the molecule is O=C([O-])C1CCC=N1.O=[N+]([O-])c1c(Cl)cccc1-c1c[nH]cc1Cl. The molecule has 0 amide bonds. The second-order valence-electron chi connectivity index (χ2n) is 4.85. The van der Waals surface area contributed by atoms with Crippen molar-refractivity contribution < 1.29 is 14.8 Å². The number of aliphatic imine (C=N–C) groups is 1. The summed E-state index contributed by atoms with van der Waals surface area (Å²) in [5.41, 5.74) is 0.838. The molecule has 0 radical (unpaired) electrons. The Morgan fingerprint density at radius 2 is 2.00 bits per heavy atom. The number of aliphatic carboxylic acids is 1. The van der Waals surface area contributed by atoms with E-state index >= 15 is 0 Å². The first-order valence-electron chi connectivity index (χ1n) is 6.90. The van der Waals surface area contributed by atoms with Gasteiger partial charge < -0.3 is 14.9 Å². The van der Waals surface area contributed by atoms with Gasteiger partial charge in [-0.15, -0.1) is 0 Å². The maximum atomic E-state index is 10.9. The van der Waals surface area contributed by atoms with Crippen molar-refractivity contribution >= 4 is 41.1 Å². The summed E-state index contributed by atoms with van der Waals surface area (Å²) in [4.78, 5) is 26.8. The molecule has 0 saturated carbocycles. The molecule has 126 valence electrons. The number of carbonyl (C=O) groups excluding carboxylic acids is 1. The van der Waals surface area contributed by atoms with Gasteiger partial charge in [-0.25, -0.2) is 0 Å². The Balaban J connectivity index is 0.000000219. The molecule has 0 aliphatic carbocycles. The molecule has 0 bridgehead atoms. The molecule has 1 unspecified atom stereocenters. The number of aromatic nitrogens is 1. The van der Waals surface area contributed by atoms with Crippen LogP contribution in [0.3, 0.4) is 0 Å². The van der Waals surface area contributed by atoms with Crippen molar-refractivity contribution in [1.29, 1.82) is 0 Å². The number of nitrogens with zero attached hydrogens (tertiary/aromatic N) is 2. The monoisotopic (exact) mass is 368 g/mol. The average molecular weight is 369 g/mol. The maximum Gasteiger partial charge on any atom is 0.295 e. The summed E-state index contributed by atoms with van der Waals surface area (Å²) >= 11 is 11.7. The first kappa shape index (κ1) is 18.0. The van der Waals surface area contributed by atoms with Crippen LogP contribution in [-0.2, 0) is 4.79 Å². The lowest BCUT2D eigenvalue weighted by Gasteiger charge is -2.04. The molecule has 0 saturated heterocycles. The lowest BCUT2D eigenvalue weighted by molar-refractivity contribution is -0.384. The van der Waals surface area contributed by atoms with Gasteiger partial charge in [0.1, 0.15) is 5.02 Å². The molecule has 2 aromatic rings. The molecular weight excluding hydrogens is 357 g/mol. The molecule has 24 heavy (non-hydrogen) atoms. The number of halogens is 2. The number of carbonyl (C=O) groups is 1. The van der Waals surface area contributed by atoms with Crippen LogP contribution in [0.5, 0.6) is 0 Å². The fourth-order valence-electron chi connectivity index (χ4n) is 2.16. The molecule has 1 aliphatic heterocycles. The number of hydrogen-bond donors (Lipinski definition) is 1. The highest BCUT2D eigenvalue weighted by Gasteiger charge is 2.21. The normalized spacial score (nSPS) is 15.7. The third kappa shape index (κ3) is 4.12. The van der Waals surface area contributed by atoms with E-state index in [4.69, 9.17) is 23.2 Å². The number of para-hydroxylation sites is 1. The van der Waals surface area contributed by atoms with Crippen molar-refractivity contribution in [2.45, 2.75) is 18.9 Å². The molecule has 9 heteroatoms. The van der Waals surface area contributed by atoms with E-state index in [1.807, 2.05) is 0 Å². The highest BCUT2D eigenvalue weighted by Crippen LogP contribution is 2.38. The molecule has 1 aromatic heterocycles. The number of nitro benzene ring substituents is 1. The van der Waals surface area contributed by atoms with Gasteiger partial charge in [-0.2, -0.15) is 0 Å². The number of benzene rings is 1. The highest BCUT2D eigenvalue weighted by molar-refractivity contribution is 6.35. The number of nitrogens with one attached hydrogen (secondary N) is 1. The van der Waals surface area contributed by atoms with Crippen LogP contribution in [0.4, 0.5) is 5.69 Å². The minimum Gasteiger partial charge on any atom is -0.548 e. The zero-order chi connectivity index (χ0) is 17.7. The molecule has 1 aliphatic rings. The van der Waals surface area contributed by atoms with Crippen LogP contribution < -0.4 is 5.11 Å². The predicted octanol–water partition coefficient (Wildman–Crippen LogP) is 2.87. The number of nitro groups is 1. The lowest BCUT2D eigenvalue weighted by Crippen LogP contribution is -2.32. The van der Waals surface area contributed by atoms with Crippen LogP contribution >= 0.6 is 23.2 Å². The van der Waals surface area contributed by atoms with E-state index in [1.54, 1.807) is 30.7 Å². The van der Waals surface area contributed by atoms with Crippen LogP contribution in [0.15, 0.2) is 35.6 Å². The van der Waals surface area contributed by atoms with E-state index < -0.39 is 16.9 Å². The van der Waals surface area contributed by atoms with Gasteiger partial charge in [-0.05, 0) is 31.2 Å². The van der Waals surface area contributed by atoms with E-state index in [0.717, 1.165) is 6.42 Å². The van der Waals surface area contributed by atoms with Crippen LogP contribution in [0, 0.1) is 10.1 Å². The molecule has 7 nitrogen and oxygen atoms in total. The number of aromatic amines is 1. The number of carboxylic acid groups (broad SMARTS) is 1. The zero-order valence-corrected chi connectivity index (χ0v) is 13.8. The molecule has 0 fully saturated rings. The first-order chi connectivity index (χ1) is 11.4.